The van der Waals surface area contributed by atoms with Gasteiger partial charge in [0.15, 0.2) is 0 Å². The van der Waals surface area contributed by atoms with Crippen LogP contribution < -0.4 is 5.32 Å². The average molecular weight is 260 g/mol. The lowest BCUT2D eigenvalue weighted by atomic mass is 10.0. The fraction of sp³-hybridized carbons (Fsp3) is 0.562. The van der Waals surface area contributed by atoms with Crippen LogP contribution in [0.4, 0.5) is 0 Å². The number of aryl methyl sites for hydroxylation is 1. The summed E-state index contributed by atoms with van der Waals surface area (Å²) in [6, 6.07) is 8.94. The normalized spacial score (nSPS) is 16.4. The van der Waals surface area contributed by atoms with E-state index in [4.69, 9.17) is 0 Å². The molecule has 0 spiro atoms. The van der Waals surface area contributed by atoms with Gasteiger partial charge in [-0.2, -0.15) is 0 Å². The number of benzene rings is 1. The second-order valence-electron chi connectivity index (χ2n) is 5.59. The maximum atomic E-state index is 11.7. The predicted molar refractivity (Wildman–Crippen MR) is 78.0 cm³/mol. The number of carbonyl (C=O) groups excluding carboxylic acids is 1. The summed E-state index contributed by atoms with van der Waals surface area (Å²) < 4.78 is 0. The molecule has 1 N–H and O–H groups in total. The van der Waals surface area contributed by atoms with Gasteiger partial charge in [0.2, 0.25) is 5.91 Å². The van der Waals surface area contributed by atoms with Crippen LogP contribution in [0.3, 0.4) is 0 Å². The van der Waals surface area contributed by atoms with E-state index >= 15 is 0 Å². The van der Waals surface area contributed by atoms with Crippen molar-refractivity contribution in [3.8, 4) is 0 Å². The van der Waals surface area contributed by atoms with E-state index in [0.717, 1.165) is 19.3 Å². The van der Waals surface area contributed by atoms with Crippen molar-refractivity contribution in [2.45, 2.75) is 32.2 Å². The Balaban J connectivity index is 1.99. The molecule has 1 unspecified atom stereocenters. The summed E-state index contributed by atoms with van der Waals surface area (Å²) in [5.74, 6) is 0.502. The summed E-state index contributed by atoms with van der Waals surface area (Å²) in [5.41, 5.74) is 2.61. The van der Waals surface area contributed by atoms with Crippen molar-refractivity contribution in [2.75, 3.05) is 20.6 Å². The zero-order chi connectivity index (χ0) is 13.8. The van der Waals surface area contributed by atoms with Gasteiger partial charge >= 0.3 is 0 Å². The third-order valence-corrected chi connectivity index (χ3v) is 3.81. The van der Waals surface area contributed by atoms with Gasteiger partial charge in [-0.3, -0.25) is 4.79 Å². The monoisotopic (exact) mass is 260 g/mol. The van der Waals surface area contributed by atoms with Gasteiger partial charge in [-0.15, -0.1) is 0 Å². The van der Waals surface area contributed by atoms with Crippen LogP contribution in [0.25, 0.3) is 0 Å². The summed E-state index contributed by atoms with van der Waals surface area (Å²) in [4.78, 5) is 13.9. The molecule has 3 nitrogen and oxygen atoms in total. The van der Waals surface area contributed by atoms with Gasteiger partial charge in [-0.05, 0) is 44.5 Å². The first-order valence-corrected chi connectivity index (χ1v) is 7.14. The smallest absolute Gasteiger partial charge is 0.223 e. The van der Waals surface area contributed by atoms with Crippen LogP contribution in [0.15, 0.2) is 24.3 Å². The van der Waals surface area contributed by atoms with Crippen molar-refractivity contribution in [1.29, 1.82) is 0 Å². The highest BCUT2D eigenvalue weighted by Crippen LogP contribution is 2.29. The molecule has 2 rings (SSSR count). The van der Waals surface area contributed by atoms with E-state index in [1.807, 2.05) is 0 Å². The highest BCUT2D eigenvalue weighted by molar-refractivity contribution is 5.80. The third kappa shape index (κ3) is 3.80. The summed E-state index contributed by atoms with van der Waals surface area (Å²) in [7, 11) is 4.11. The summed E-state index contributed by atoms with van der Waals surface area (Å²) >= 11 is 0. The second-order valence-corrected chi connectivity index (χ2v) is 5.59. The molecular formula is C16H24N2O. The molecule has 0 heterocycles. The highest BCUT2D eigenvalue weighted by Gasteiger charge is 2.30. The molecule has 0 bridgehead atoms. The molecule has 1 aliphatic rings. The topological polar surface area (TPSA) is 32.3 Å². The molecule has 0 radical (unpaired) electrons. The molecule has 0 aliphatic heterocycles. The Bertz CT molecular complexity index is 421. The van der Waals surface area contributed by atoms with Crippen LogP contribution in [0, 0.1) is 5.92 Å². The van der Waals surface area contributed by atoms with Gasteiger partial charge in [-0.25, -0.2) is 0 Å². The third-order valence-electron chi connectivity index (χ3n) is 3.81. The molecule has 0 aromatic heterocycles. The van der Waals surface area contributed by atoms with E-state index in [9.17, 15) is 4.79 Å². The first kappa shape index (κ1) is 14.1. The van der Waals surface area contributed by atoms with Crippen LogP contribution in [-0.2, 0) is 11.2 Å². The molecule has 1 aliphatic carbocycles. The number of likely N-dealkylation sites (N-methyl/N-ethyl adjacent to an activating group) is 1. The van der Waals surface area contributed by atoms with E-state index in [1.165, 1.54) is 11.1 Å². The fourth-order valence-corrected chi connectivity index (χ4v) is 2.26. The fourth-order valence-electron chi connectivity index (χ4n) is 2.26. The molecule has 1 fully saturated rings. The molecule has 3 heteroatoms. The summed E-state index contributed by atoms with van der Waals surface area (Å²) in [5, 5.41) is 3.07. The number of hydrogen-bond donors (Lipinski definition) is 1. The predicted octanol–water partition coefficient (Wildman–Crippen LogP) is 2.38. The Kier molecular flexibility index (Phi) is 4.59. The van der Waals surface area contributed by atoms with E-state index in [0.29, 0.717) is 6.54 Å². The average Bonchev–Trinajstić information content (AvgIpc) is 3.23. The van der Waals surface area contributed by atoms with Gasteiger partial charge < -0.3 is 10.2 Å². The minimum absolute atomic E-state index is 0.219. The van der Waals surface area contributed by atoms with Crippen molar-refractivity contribution in [3.05, 3.63) is 35.4 Å². The first-order valence-electron chi connectivity index (χ1n) is 7.14. The Labute approximate surface area is 116 Å². The van der Waals surface area contributed by atoms with E-state index in [1.54, 1.807) is 0 Å². The second kappa shape index (κ2) is 6.20. The van der Waals surface area contributed by atoms with Crippen molar-refractivity contribution < 1.29 is 4.79 Å². The number of rotatable bonds is 6. The molecule has 0 saturated heterocycles. The SMILES string of the molecule is CCc1ccc(C(CNC(=O)C2CC2)N(C)C)cc1. The molecule has 1 aromatic rings. The van der Waals surface area contributed by atoms with Crippen molar-refractivity contribution >= 4 is 5.91 Å². The van der Waals surface area contributed by atoms with Gasteiger partial charge in [0.25, 0.3) is 0 Å². The lowest BCUT2D eigenvalue weighted by Gasteiger charge is -2.25. The van der Waals surface area contributed by atoms with Crippen LogP contribution >= 0.6 is 0 Å². The van der Waals surface area contributed by atoms with Crippen LogP contribution in [0.1, 0.15) is 36.9 Å². The van der Waals surface area contributed by atoms with Crippen LogP contribution in [0.2, 0.25) is 0 Å². The zero-order valence-corrected chi connectivity index (χ0v) is 12.1. The van der Waals surface area contributed by atoms with Gasteiger partial charge in [-0.1, -0.05) is 31.2 Å². The molecule has 19 heavy (non-hydrogen) atoms. The first-order chi connectivity index (χ1) is 9.11. The summed E-state index contributed by atoms with van der Waals surface area (Å²) in [6.07, 6.45) is 3.18. The number of nitrogens with zero attached hydrogens (tertiary/aromatic N) is 1. The van der Waals surface area contributed by atoms with Gasteiger partial charge in [0.05, 0.1) is 6.04 Å². The maximum absolute atomic E-state index is 11.7. The maximum Gasteiger partial charge on any atom is 0.223 e. The lowest BCUT2D eigenvalue weighted by molar-refractivity contribution is -0.122. The minimum Gasteiger partial charge on any atom is -0.354 e. The quantitative estimate of drug-likeness (QED) is 0.851. The van der Waals surface area contributed by atoms with Crippen molar-refractivity contribution in [2.24, 2.45) is 5.92 Å². The van der Waals surface area contributed by atoms with E-state index in [-0.39, 0.29) is 17.9 Å². The zero-order valence-electron chi connectivity index (χ0n) is 12.1. The van der Waals surface area contributed by atoms with Crippen molar-refractivity contribution in [3.63, 3.8) is 0 Å². The Morgan fingerprint density at radius 1 is 1.32 bits per heavy atom. The Morgan fingerprint density at radius 2 is 1.95 bits per heavy atom. The summed E-state index contributed by atoms with van der Waals surface area (Å²) in [6.45, 7) is 2.85. The van der Waals surface area contributed by atoms with Gasteiger partial charge in [0, 0.05) is 12.5 Å². The Hall–Kier alpha value is -1.35. The number of amides is 1. The lowest BCUT2D eigenvalue weighted by Crippen LogP contribution is -2.35. The molecular weight excluding hydrogens is 236 g/mol. The molecule has 1 atom stereocenters. The molecule has 1 amide bonds. The highest BCUT2D eigenvalue weighted by atomic mass is 16.2. The molecule has 1 aromatic carbocycles. The van der Waals surface area contributed by atoms with Crippen LogP contribution in [-0.4, -0.2) is 31.4 Å². The van der Waals surface area contributed by atoms with E-state index < -0.39 is 0 Å². The number of hydrogen-bond acceptors (Lipinski definition) is 2. The Morgan fingerprint density at radius 3 is 2.42 bits per heavy atom. The number of carbonyl (C=O) groups is 1. The standard InChI is InChI=1S/C16H24N2O/c1-4-12-5-7-13(8-6-12)15(18(2)3)11-17-16(19)14-9-10-14/h5-8,14-15H,4,9-11H2,1-3H3,(H,17,19). The molecule has 104 valence electrons. The number of nitrogens with one attached hydrogen (secondary N) is 1. The van der Waals surface area contributed by atoms with Gasteiger partial charge in [0.1, 0.15) is 0 Å². The van der Waals surface area contributed by atoms with Crippen LogP contribution in [0.5, 0.6) is 0 Å². The van der Waals surface area contributed by atoms with E-state index in [2.05, 4.69) is 55.5 Å². The van der Waals surface area contributed by atoms with Crippen molar-refractivity contribution in [1.82, 2.24) is 10.2 Å². The minimum atomic E-state index is 0.219. The molecule has 1 saturated carbocycles. The largest absolute Gasteiger partial charge is 0.354 e.